The third-order valence-corrected chi connectivity index (χ3v) is 9.85. The Kier molecular flexibility index (Phi) is 7.99. The summed E-state index contributed by atoms with van der Waals surface area (Å²) < 4.78 is 25.0. The van der Waals surface area contributed by atoms with E-state index in [0.29, 0.717) is 36.7 Å². The largest absolute Gasteiger partial charge is 0.497 e. The van der Waals surface area contributed by atoms with Gasteiger partial charge in [0.25, 0.3) is 5.91 Å². The van der Waals surface area contributed by atoms with Gasteiger partial charge in [0.2, 0.25) is 5.91 Å². The summed E-state index contributed by atoms with van der Waals surface area (Å²) in [6, 6.07) is 11.9. The van der Waals surface area contributed by atoms with Crippen LogP contribution in [0, 0.1) is 0 Å². The predicted molar refractivity (Wildman–Crippen MR) is 163 cm³/mol. The zero-order valence-electron chi connectivity index (χ0n) is 23.8. The number of carbonyl (C=O) groups excluding carboxylic acids is 2. The van der Waals surface area contributed by atoms with Crippen LogP contribution in [-0.2, 0) is 22.5 Å². The zero-order valence-corrected chi connectivity index (χ0v) is 24.6. The monoisotopic (exact) mass is 574 g/mol. The molecule has 9 heteroatoms. The van der Waals surface area contributed by atoms with Crippen molar-refractivity contribution >= 4 is 40.0 Å². The van der Waals surface area contributed by atoms with Gasteiger partial charge in [-0.1, -0.05) is 31.7 Å². The van der Waals surface area contributed by atoms with Gasteiger partial charge in [0.15, 0.2) is 11.2 Å². The van der Waals surface area contributed by atoms with E-state index in [1.807, 2.05) is 36.4 Å². The Labute approximate surface area is 243 Å². The summed E-state index contributed by atoms with van der Waals surface area (Å²) in [5.74, 6) is 0.689. The SMILES string of the molecule is COc1ccc2c(c1)C=C1Cn3c-2c(C2CCCCC2)c2ccc(cc23)C(=O)NS(=O)N(C)CCCCCNC1=O. The van der Waals surface area contributed by atoms with E-state index in [2.05, 4.69) is 20.7 Å². The minimum absolute atomic E-state index is 0.0795. The second kappa shape index (κ2) is 11.8. The average Bonchev–Trinajstić information content (AvgIpc) is 3.20. The van der Waals surface area contributed by atoms with Crippen LogP contribution in [-0.4, -0.2) is 52.1 Å². The summed E-state index contributed by atoms with van der Waals surface area (Å²) in [5.41, 5.74) is 6.47. The van der Waals surface area contributed by atoms with Gasteiger partial charge in [-0.3, -0.25) is 14.3 Å². The number of amides is 2. The Bertz CT molecular complexity index is 1550. The molecule has 3 aliphatic rings. The van der Waals surface area contributed by atoms with Gasteiger partial charge in [0.1, 0.15) is 5.75 Å². The topological polar surface area (TPSA) is 92.7 Å². The number of carbonyl (C=O) groups is 2. The van der Waals surface area contributed by atoms with Crippen molar-refractivity contribution < 1.29 is 18.5 Å². The molecule has 0 radical (unpaired) electrons. The highest BCUT2D eigenvalue weighted by Gasteiger charge is 2.30. The molecule has 3 heterocycles. The summed E-state index contributed by atoms with van der Waals surface area (Å²) in [7, 11) is 3.41. The molecule has 8 nitrogen and oxygen atoms in total. The van der Waals surface area contributed by atoms with E-state index in [-0.39, 0.29) is 11.8 Å². The molecule has 0 saturated heterocycles. The fourth-order valence-corrected chi connectivity index (χ4v) is 7.30. The lowest BCUT2D eigenvalue weighted by molar-refractivity contribution is -0.117. The molecule has 0 spiro atoms. The first kappa shape index (κ1) is 27.7. The van der Waals surface area contributed by atoms with Gasteiger partial charge in [-0.05, 0) is 79.1 Å². The van der Waals surface area contributed by atoms with Crippen molar-refractivity contribution in [1.82, 2.24) is 18.9 Å². The van der Waals surface area contributed by atoms with Gasteiger partial charge < -0.3 is 14.6 Å². The second-order valence-electron chi connectivity index (χ2n) is 11.4. The number of rotatable bonds is 2. The predicted octanol–water partition coefficient (Wildman–Crippen LogP) is 5.30. The van der Waals surface area contributed by atoms with E-state index in [9.17, 15) is 13.8 Å². The van der Waals surface area contributed by atoms with E-state index in [4.69, 9.17) is 4.74 Å². The summed E-state index contributed by atoms with van der Waals surface area (Å²) >= 11 is -1.63. The number of methoxy groups -OCH3 is 1. The van der Waals surface area contributed by atoms with E-state index in [1.165, 1.54) is 24.8 Å². The van der Waals surface area contributed by atoms with Crippen LogP contribution in [0.15, 0.2) is 42.0 Å². The van der Waals surface area contributed by atoms with E-state index in [0.717, 1.165) is 65.6 Å². The highest BCUT2D eigenvalue weighted by atomic mass is 32.2. The molecule has 1 saturated carbocycles. The molecular formula is C32H38N4O4S. The maximum atomic E-state index is 13.6. The lowest BCUT2D eigenvalue weighted by atomic mass is 9.81. The van der Waals surface area contributed by atoms with Crippen LogP contribution in [0.3, 0.4) is 0 Å². The molecule has 1 aliphatic carbocycles. The van der Waals surface area contributed by atoms with Gasteiger partial charge in [-0.2, -0.15) is 0 Å². The van der Waals surface area contributed by atoms with Crippen molar-refractivity contribution in [2.45, 2.75) is 63.8 Å². The van der Waals surface area contributed by atoms with Crippen LogP contribution in [0.2, 0.25) is 0 Å². The molecular weight excluding hydrogens is 536 g/mol. The number of ether oxygens (including phenoxy) is 1. The number of nitrogens with zero attached hydrogens (tertiary/aromatic N) is 2. The fraction of sp³-hybridized carbons (Fsp3) is 0.438. The van der Waals surface area contributed by atoms with Gasteiger partial charge >= 0.3 is 0 Å². The summed E-state index contributed by atoms with van der Waals surface area (Å²) in [4.78, 5) is 26.9. The molecule has 6 rings (SSSR count). The van der Waals surface area contributed by atoms with Crippen molar-refractivity contribution in [3.8, 4) is 17.0 Å². The number of hydrogen-bond donors (Lipinski definition) is 2. The van der Waals surface area contributed by atoms with Crippen LogP contribution < -0.4 is 14.8 Å². The van der Waals surface area contributed by atoms with Crippen molar-refractivity contribution in [3.05, 3.63) is 58.7 Å². The van der Waals surface area contributed by atoms with Crippen molar-refractivity contribution in [1.29, 1.82) is 0 Å². The highest BCUT2D eigenvalue weighted by molar-refractivity contribution is 7.81. The minimum atomic E-state index is -1.63. The second-order valence-corrected chi connectivity index (χ2v) is 12.7. The molecule has 2 aliphatic heterocycles. The summed E-state index contributed by atoms with van der Waals surface area (Å²) in [6.07, 6.45) is 10.4. The molecule has 2 N–H and O–H groups in total. The first-order valence-corrected chi connectivity index (χ1v) is 15.8. The molecule has 216 valence electrons. The standard InChI is InChI=1S/C32H38N4O4S/c1-35-16-8-4-7-15-33-31(37)24-17-23-18-25(40-2)12-14-26(23)30-29(21-9-5-3-6-10-21)27-13-11-22(32(38)34-41(35)39)19-28(27)36(30)20-24/h11-14,17-19,21H,3-10,15-16,20H2,1-2H3,(H,33,37)(H,34,38). The molecule has 4 bridgehead atoms. The van der Waals surface area contributed by atoms with E-state index < -0.39 is 11.2 Å². The number of benzene rings is 2. The van der Waals surface area contributed by atoms with E-state index >= 15 is 0 Å². The summed E-state index contributed by atoms with van der Waals surface area (Å²) in [5, 5.41) is 4.25. The van der Waals surface area contributed by atoms with Crippen LogP contribution in [0.4, 0.5) is 0 Å². The maximum absolute atomic E-state index is 13.6. The number of hydrogen-bond acceptors (Lipinski definition) is 4. The Morgan fingerprint density at radius 3 is 2.56 bits per heavy atom. The molecule has 3 aromatic rings. The quantitative estimate of drug-likeness (QED) is 0.434. The van der Waals surface area contributed by atoms with Crippen molar-refractivity contribution in [2.75, 3.05) is 27.2 Å². The van der Waals surface area contributed by atoms with Gasteiger partial charge in [-0.25, -0.2) is 8.51 Å². The summed E-state index contributed by atoms with van der Waals surface area (Å²) in [6.45, 7) is 1.54. The fourth-order valence-electron chi connectivity index (χ4n) is 6.57. The maximum Gasteiger partial charge on any atom is 0.264 e. The Morgan fingerprint density at radius 1 is 0.951 bits per heavy atom. The molecule has 2 aromatic carbocycles. The first-order chi connectivity index (χ1) is 19.9. The first-order valence-electron chi connectivity index (χ1n) is 14.7. The molecule has 1 fully saturated rings. The van der Waals surface area contributed by atoms with Crippen LogP contribution in [0.5, 0.6) is 5.75 Å². The Morgan fingerprint density at radius 2 is 1.76 bits per heavy atom. The number of fused-ring (bicyclic) bond motifs is 4. The van der Waals surface area contributed by atoms with Crippen molar-refractivity contribution in [2.24, 2.45) is 0 Å². The zero-order chi connectivity index (χ0) is 28.5. The van der Waals surface area contributed by atoms with Gasteiger partial charge in [0.05, 0.1) is 19.3 Å². The molecule has 2 amide bonds. The molecule has 1 aromatic heterocycles. The van der Waals surface area contributed by atoms with Crippen LogP contribution >= 0.6 is 0 Å². The number of nitrogens with one attached hydrogen (secondary N) is 2. The molecule has 1 unspecified atom stereocenters. The Balaban J connectivity index is 1.58. The third kappa shape index (κ3) is 5.45. The smallest absolute Gasteiger partial charge is 0.264 e. The third-order valence-electron chi connectivity index (χ3n) is 8.74. The average molecular weight is 575 g/mol. The number of aromatic nitrogens is 1. The van der Waals surface area contributed by atoms with Crippen molar-refractivity contribution in [3.63, 3.8) is 0 Å². The molecule has 1 atom stereocenters. The van der Waals surface area contributed by atoms with Crippen LogP contribution in [0.25, 0.3) is 28.2 Å². The van der Waals surface area contributed by atoms with Gasteiger partial charge in [-0.15, -0.1) is 0 Å². The lowest BCUT2D eigenvalue weighted by Crippen LogP contribution is -2.36. The highest BCUT2D eigenvalue weighted by Crippen LogP contribution is 2.47. The van der Waals surface area contributed by atoms with Crippen LogP contribution in [0.1, 0.15) is 78.8 Å². The minimum Gasteiger partial charge on any atom is -0.497 e. The molecule has 41 heavy (non-hydrogen) atoms. The lowest BCUT2D eigenvalue weighted by Gasteiger charge is -2.24. The van der Waals surface area contributed by atoms with E-state index in [1.54, 1.807) is 18.5 Å². The van der Waals surface area contributed by atoms with Gasteiger partial charge in [0, 0.05) is 47.7 Å². The Hall–Kier alpha value is -3.43. The normalized spacial score (nSPS) is 21.1.